The minimum atomic E-state index is -0.370. The fraction of sp³-hybridized carbons (Fsp3) is 0.952. The molecule has 0 N–H and O–H groups in total. The molecule has 0 aliphatic heterocycles. The average Bonchev–Trinajstić information content (AvgIpc) is 2.59. The molecular formula is C21H42O3. The summed E-state index contributed by atoms with van der Waals surface area (Å²) in [5.74, 6) is -0.172. The van der Waals surface area contributed by atoms with Crippen molar-refractivity contribution in [3.63, 3.8) is 0 Å². The summed E-state index contributed by atoms with van der Waals surface area (Å²) in [7, 11) is 1.61. The zero-order valence-electron chi connectivity index (χ0n) is 16.6. The monoisotopic (exact) mass is 342 g/mol. The van der Waals surface area contributed by atoms with Crippen LogP contribution in [0.1, 0.15) is 110 Å². The largest absolute Gasteiger partial charge is 0.464 e. The van der Waals surface area contributed by atoms with E-state index >= 15 is 0 Å². The van der Waals surface area contributed by atoms with Crippen molar-refractivity contribution in [2.45, 2.75) is 116 Å². The van der Waals surface area contributed by atoms with Gasteiger partial charge in [0.05, 0.1) is 6.61 Å². The first-order valence-electron chi connectivity index (χ1n) is 10.5. The van der Waals surface area contributed by atoms with E-state index in [0.29, 0.717) is 6.61 Å². The summed E-state index contributed by atoms with van der Waals surface area (Å²) >= 11 is 0. The predicted molar refractivity (Wildman–Crippen MR) is 102 cm³/mol. The third-order valence-corrected chi connectivity index (χ3v) is 4.61. The van der Waals surface area contributed by atoms with Gasteiger partial charge in [-0.2, -0.15) is 0 Å². The highest BCUT2D eigenvalue weighted by Crippen LogP contribution is 2.13. The van der Waals surface area contributed by atoms with E-state index in [0.717, 1.165) is 25.7 Å². The number of unbranched alkanes of at least 4 members (excludes halogenated alkanes) is 12. The third-order valence-electron chi connectivity index (χ3n) is 4.61. The molecule has 0 heterocycles. The lowest BCUT2D eigenvalue weighted by atomic mass is 10.1. The molecule has 0 spiro atoms. The molecule has 0 aromatic rings. The van der Waals surface area contributed by atoms with Crippen LogP contribution < -0.4 is 0 Å². The van der Waals surface area contributed by atoms with E-state index in [-0.39, 0.29) is 12.1 Å². The van der Waals surface area contributed by atoms with Gasteiger partial charge in [-0.3, -0.25) is 0 Å². The molecule has 3 heteroatoms. The molecule has 0 rings (SSSR count). The number of methoxy groups -OCH3 is 1. The Bertz CT molecular complexity index is 266. The van der Waals surface area contributed by atoms with Crippen LogP contribution in [-0.2, 0) is 14.3 Å². The Morgan fingerprint density at radius 2 is 1.17 bits per heavy atom. The molecule has 0 saturated heterocycles. The standard InChI is InChI=1S/C21H42O3/c1-4-6-8-10-12-13-14-16-18-20(23-3)21(22)24-19-17-15-11-9-7-5-2/h20H,4-19H2,1-3H3. The summed E-state index contributed by atoms with van der Waals surface area (Å²) in [6.07, 6.45) is 17.9. The van der Waals surface area contributed by atoms with E-state index in [1.807, 2.05) is 0 Å². The molecule has 0 radical (unpaired) electrons. The zero-order valence-corrected chi connectivity index (χ0v) is 16.6. The van der Waals surface area contributed by atoms with E-state index in [1.165, 1.54) is 70.6 Å². The van der Waals surface area contributed by atoms with Crippen molar-refractivity contribution in [1.82, 2.24) is 0 Å². The molecule has 0 aliphatic rings. The van der Waals surface area contributed by atoms with Crippen molar-refractivity contribution in [1.29, 1.82) is 0 Å². The van der Waals surface area contributed by atoms with Gasteiger partial charge in [0.25, 0.3) is 0 Å². The van der Waals surface area contributed by atoms with Gasteiger partial charge < -0.3 is 9.47 Å². The lowest BCUT2D eigenvalue weighted by molar-refractivity contribution is -0.156. The molecule has 1 unspecified atom stereocenters. The van der Waals surface area contributed by atoms with Crippen molar-refractivity contribution in [3.05, 3.63) is 0 Å². The molecule has 0 aliphatic carbocycles. The maximum atomic E-state index is 12.0. The van der Waals surface area contributed by atoms with E-state index in [9.17, 15) is 4.79 Å². The van der Waals surface area contributed by atoms with Crippen LogP contribution in [0.5, 0.6) is 0 Å². The van der Waals surface area contributed by atoms with Gasteiger partial charge >= 0.3 is 5.97 Å². The van der Waals surface area contributed by atoms with Gasteiger partial charge in [0.15, 0.2) is 6.10 Å². The van der Waals surface area contributed by atoms with Crippen LogP contribution in [0.2, 0.25) is 0 Å². The van der Waals surface area contributed by atoms with Gasteiger partial charge in [-0.25, -0.2) is 4.79 Å². The third kappa shape index (κ3) is 15.0. The first-order valence-corrected chi connectivity index (χ1v) is 10.5. The summed E-state index contributed by atoms with van der Waals surface area (Å²) in [6.45, 7) is 5.01. The number of esters is 1. The highest BCUT2D eigenvalue weighted by Gasteiger charge is 2.18. The minimum Gasteiger partial charge on any atom is -0.464 e. The van der Waals surface area contributed by atoms with Crippen LogP contribution in [-0.4, -0.2) is 25.8 Å². The fourth-order valence-corrected chi connectivity index (χ4v) is 2.94. The normalized spacial score (nSPS) is 12.3. The summed E-state index contributed by atoms with van der Waals surface area (Å²) in [5, 5.41) is 0. The SMILES string of the molecule is CCCCCCCCCCC(OC)C(=O)OCCCCCCCC. The molecule has 144 valence electrons. The first kappa shape index (κ1) is 23.4. The molecule has 0 aromatic heterocycles. The second-order valence-corrected chi connectivity index (χ2v) is 6.92. The second-order valence-electron chi connectivity index (χ2n) is 6.92. The molecule has 3 nitrogen and oxygen atoms in total. The van der Waals surface area contributed by atoms with E-state index in [2.05, 4.69) is 13.8 Å². The Hall–Kier alpha value is -0.570. The molecule has 0 aromatic carbocycles. The molecule has 1 atom stereocenters. The fourth-order valence-electron chi connectivity index (χ4n) is 2.94. The molecular weight excluding hydrogens is 300 g/mol. The molecule has 24 heavy (non-hydrogen) atoms. The molecule has 0 amide bonds. The Morgan fingerprint density at radius 3 is 1.67 bits per heavy atom. The van der Waals surface area contributed by atoms with Gasteiger partial charge in [-0.15, -0.1) is 0 Å². The van der Waals surface area contributed by atoms with Crippen molar-refractivity contribution in [2.75, 3.05) is 13.7 Å². The number of hydrogen-bond acceptors (Lipinski definition) is 3. The predicted octanol–water partition coefficient (Wildman–Crippen LogP) is 6.44. The first-order chi connectivity index (χ1) is 11.8. The van der Waals surface area contributed by atoms with Gasteiger partial charge in [-0.05, 0) is 12.8 Å². The van der Waals surface area contributed by atoms with Crippen molar-refractivity contribution < 1.29 is 14.3 Å². The average molecular weight is 343 g/mol. The topological polar surface area (TPSA) is 35.5 Å². The number of carbonyl (C=O) groups is 1. The van der Waals surface area contributed by atoms with E-state index < -0.39 is 0 Å². The van der Waals surface area contributed by atoms with Gasteiger partial charge in [0, 0.05) is 7.11 Å². The minimum absolute atomic E-state index is 0.172. The van der Waals surface area contributed by atoms with Crippen LogP contribution in [0.3, 0.4) is 0 Å². The van der Waals surface area contributed by atoms with Crippen LogP contribution in [0, 0.1) is 0 Å². The van der Waals surface area contributed by atoms with E-state index in [1.54, 1.807) is 7.11 Å². The molecule has 0 saturated carbocycles. The maximum absolute atomic E-state index is 12.0. The van der Waals surface area contributed by atoms with Gasteiger partial charge in [0.1, 0.15) is 0 Å². The van der Waals surface area contributed by atoms with Crippen LogP contribution in [0.25, 0.3) is 0 Å². The van der Waals surface area contributed by atoms with Crippen LogP contribution in [0.15, 0.2) is 0 Å². The Kier molecular flexibility index (Phi) is 18.3. The summed E-state index contributed by atoms with van der Waals surface area (Å²) in [6, 6.07) is 0. The molecule has 0 bridgehead atoms. The quantitative estimate of drug-likeness (QED) is 0.212. The number of hydrogen-bond donors (Lipinski definition) is 0. The highest BCUT2D eigenvalue weighted by atomic mass is 16.6. The molecule has 0 fully saturated rings. The lowest BCUT2D eigenvalue weighted by Gasteiger charge is -2.14. The number of rotatable bonds is 18. The second kappa shape index (κ2) is 18.8. The van der Waals surface area contributed by atoms with E-state index in [4.69, 9.17) is 9.47 Å². The number of carbonyl (C=O) groups excluding carboxylic acids is 1. The van der Waals surface area contributed by atoms with Crippen LogP contribution in [0.4, 0.5) is 0 Å². The summed E-state index contributed by atoms with van der Waals surface area (Å²) < 4.78 is 10.7. The number of ether oxygens (including phenoxy) is 2. The summed E-state index contributed by atoms with van der Waals surface area (Å²) in [4.78, 5) is 12.0. The highest BCUT2D eigenvalue weighted by molar-refractivity contribution is 5.74. The van der Waals surface area contributed by atoms with Crippen LogP contribution >= 0.6 is 0 Å². The lowest BCUT2D eigenvalue weighted by Crippen LogP contribution is -2.25. The summed E-state index contributed by atoms with van der Waals surface area (Å²) in [5.41, 5.74) is 0. The zero-order chi connectivity index (χ0) is 17.9. The Morgan fingerprint density at radius 1 is 0.708 bits per heavy atom. The Balaban J connectivity index is 3.53. The Labute approximate surface area is 150 Å². The van der Waals surface area contributed by atoms with Crippen molar-refractivity contribution >= 4 is 5.97 Å². The van der Waals surface area contributed by atoms with Gasteiger partial charge in [0.2, 0.25) is 0 Å². The van der Waals surface area contributed by atoms with Crippen molar-refractivity contribution in [3.8, 4) is 0 Å². The van der Waals surface area contributed by atoms with Gasteiger partial charge in [-0.1, -0.05) is 97.3 Å². The van der Waals surface area contributed by atoms with Crippen molar-refractivity contribution in [2.24, 2.45) is 0 Å². The maximum Gasteiger partial charge on any atom is 0.335 e. The smallest absolute Gasteiger partial charge is 0.335 e.